The molecule has 0 aliphatic rings. The number of pyridine rings is 1. The molecule has 122 valence electrons. The third-order valence-corrected chi connectivity index (χ3v) is 3.48. The quantitative estimate of drug-likeness (QED) is 0.739. The third-order valence-electron chi connectivity index (χ3n) is 3.48. The van der Waals surface area contributed by atoms with Gasteiger partial charge in [0.15, 0.2) is 11.9 Å². The summed E-state index contributed by atoms with van der Waals surface area (Å²) < 4.78 is 10.3. The first-order valence-corrected chi connectivity index (χ1v) is 7.28. The maximum Gasteiger partial charge on any atom is 0.340 e. The maximum atomic E-state index is 12.2. The largest absolute Gasteiger partial charge is 0.481 e. The average Bonchev–Trinajstić information content (AvgIpc) is 2.61. The lowest BCUT2D eigenvalue weighted by Gasteiger charge is -2.13. The van der Waals surface area contributed by atoms with E-state index in [-0.39, 0.29) is 16.9 Å². The van der Waals surface area contributed by atoms with Gasteiger partial charge >= 0.3 is 5.97 Å². The van der Waals surface area contributed by atoms with Crippen LogP contribution in [0.15, 0.2) is 47.4 Å². The highest BCUT2D eigenvalue weighted by molar-refractivity contribution is 5.89. The van der Waals surface area contributed by atoms with Crippen LogP contribution in [0.2, 0.25) is 0 Å². The molecule has 0 spiro atoms. The number of methoxy groups -OCH3 is 1. The lowest BCUT2D eigenvalue weighted by atomic mass is 10.2. The highest BCUT2D eigenvalue weighted by Crippen LogP contribution is 2.17. The van der Waals surface area contributed by atoms with E-state index in [4.69, 9.17) is 9.47 Å². The molecule has 3 rings (SSSR count). The van der Waals surface area contributed by atoms with E-state index in [1.165, 1.54) is 13.3 Å². The molecule has 1 atom stereocenters. The number of carbonyl (C=O) groups is 1. The van der Waals surface area contributed by atoms with Crippen molar-refractivity contribution in [1.82, 2.24) is 15.0 Å². The van der Waals surface area contributed by atoms with Crippen molar-refractivity contribution in [2.24, 2.45) is 0 Å². The van der Waals surface area contributed by atoms with Crippen molar-refractivity contribution in [3.05, 3.63) is 64.3 Å². The fraction of sp³-hybridized carbons (Fsp3) is 0.176. The molecule has 1 N–H and O–H groups in total. The van der Waals surface area contributed by atoms with E-state index in [0.717, 1.165) is 0 Å². The Bertz CT molecular complexity index is 934. The van der Waals surface area contributed by atoms with E-state index in [0.29, 0.717) is 16.8 Å². The van der Waals surface area contributed by atoms with Crippen molar-refractivity contribution in [2.75, 3.05) is 7.11 Å². The standard InChI is InChI=1S/C17H15N3O4/c1-10(24-17(22)11-7-8-14(23-2)18-9-11)15-19-13-6-4-3-5-12(13)16(21)20-15/h3-10H,1-2H3,(H,19,20,21). The van der Waals surface area contributed by atoms with Crippen LogP contribution in [0.5, 0.6) is 5.88 Å². The normalized spacial score (nSPS) is 11.9. The molecule has 2 aromatic heterocycles. The molecule has 7 nitrogen and oxygen atoms in total. The fourth-order valence-corrected chi connectivity index (χ4v) is 2.20. The highest BCUT2D eigenvalue weighted by atomic mass is 16.5. The van der Waals surface area contributed by atoms with Crippen LogP contribution in [-0.4, -0.2) is 28.0 Å². The number of nitrogens with one attached hydrogen (secondary N) is 1. The van der Waals surface area contributed by atoms with E-state index >= 15 is 0 Å². The summed E-state index contributed by atoms with van der Waals surface area (Å²) in [6.45, 7) is 1.64. The first-order chi connectivity index (χ1) is 11.6. The van der Waals surface area contributed by atoms with E-state index in [1.54, 1.807) is 43.3 Å². The van der Waals surface area contributed by atoms with Crippen LogP contribution in [0.4, 0.5) is 0 Å². The van der Waals surface area contributed by atoms with Crippen LogP contribution >= 0.6 is 0 Å². The Kier molecular flexibility index (Phi) is 4.24. The maximum absolute atomic E-state index is 12.2. The number of para-hydroxylation sites is 1. The molecule has 2 heterocycles. The molecule has 0 saturated heterocycles. The van der Waals surface area contributed by atoms with Crippen LogP contribution in [0.3, 0.4) is 0 Å². The SMILES string of the molecule is COc1ccc(C(=O)OC(C)c2nc3ccccc3c(=O)[nH]2)cn1. The summed E-state index contributed by atoms with van der Waals surface area (Å²) in [6.07, 6.45) is 0.654. The summed E-state index contributed by atoms with van der Waals surface area (Å²) in [4.78, 5) is 35.2. The second-order valence-electron chi connectivity index (χ2n) is 5.11. The molecule has 0 aliphatic carbocycles. The number of nitrogens with zero attached hydrogens (tertiary/aromatic N) is 2. The van der Waals surface area contributed by atoms with Gasteiger partial charge in [-0.2, -0.15) is 0 Å². The summed E-state index contributed by atoms with van der Waals surface area (Å²) in [5.41, 5.74) is 0.556. The second kappa shape index (κ2) is 6.49. The molecule has 0 bridgehead atoms. The molecular formula is C17H15N3O4. The lowest BCUT2D eigenvalue weighted by Crippen LogP contribution is -2.17. The molecule has 0 aliphatic heterocycles. The number of hydrogen-bond donors (Lipinski definition) is 1. The molecule has 24 heavy (non-hydrogen) atoms. The monoisotopic (exact) mass is 325 g/mol. The van der Waals surface area contributed by atoms with Gasteiger partial charge in [0.25, 0.3) is 5.56 Å². The van der Waals surface area contributed by atoms with Gasteiger partial charge in [0.1, 0.15) is 0 Å². The zero-order chi connectivity index (χ0) is 17.1. The Balaban J connectivity index is 1.82. The number of hydrogen-bond acceptors (Lipinski definition) is 6. The number of benzene rings is 1. The van der Waals surface area contributed by atoms with Crippen molar-refractivity contribution in [2.45, 2.75) is 13.0 Å². The number of carbonyl (C=O) groups excluding carboxylic acids is 1. The van der Waals surface area contributed by atoms with Crippen molar-refractivity contribution in [3.8, 4) is 5.88 Å². The van der Waals surface area contributed by atoms with Crippen LogP contribution in [0, 0.1) is 0 Å². The van der Waals surface area contributed by atoms with Crippen molar-refractivity contribution in [3.63, 3.8) is 0 Å². The molecule has 3 aromatic rings. The lowest BCUT2D eigenvalue weighted by molar-refractivity contribution is 0.0319. The Morgan fingerprint density at radius 3 is 2.71 bits per heavy atom. The van der Waals surface area contributed by atoms with E-state index in [1.807, 2.05) is 0 Å². The van der Waals surface area contributed by atoms with Gasteiger partial charge in [-0.15, -0.1) is 0 Å². The summed E-state index contributed by atoms with van der Waals surface area (Å²) in [7, 11) is 1.49. The molecule has 0 amide bonds. The molecule has 0 saturated carbocycles. The summed E-state index contributed by atoms with van der Waals surface area (Å²) in [5, 5.41) is 0.485. The molecule has 1 aromatic carbocycles. The number of fused-ring (bicyclic) bond motifs is 1. The first kappa shape index (κ1) is 15.7. The smallest absolute Gasteiger partial charge is 0.340 e. The summed E-state index contributed by atoms with van der Waals surface area (Å²) >= 11 is 0. The van der Waals surface area contributed by atoms with Crippen molar-refractivity contribution >= 4 is 16.9 Å². The van der Waals surface area contributed by atoms with Gasteiger partial charge in [0.2, 0.25) is 5.88 Å². The number of aromatic nitrogens is 3. The number of aromatic amines is 1. The van der Waals surface area contributed by atoms with Crippen LogP contribution in [-0.2, 0) is 4.74 Å². The predicted octanol–water partition coefficient (Wildman–Crippen LogP) is 2.24. The van der Waals surface area contributed by atoms with E-state index in [9.17, 15) is 9.59 Å². The van der Waals surface area contributed by atoms with Crippen molar-refractivity contribution < 1.29 is 14.3 Å². The van der Waals surface area contributed by atoms with Gasteiger partial charge in [0, 0.05) is 12.3 Å². The Morgan fingerprint density at radius 1 is 1.21 bits per heavy atom. The number of H-pyrrole nitrogens is 1. The zero-order valence-electron chi connectivity index (χ0n) is 13.1. The van der Waals surface area contributed by atoms with Gasteiger partial charge in [0.05, 0.1) is 23.6 Å². The van der Waals surface area contributed by atoms with Crippen LogP contribution in [0.25, 0.3) is 10.9 Å². The van der Waals surface area contributed by atoms with Gasteiger partial charge in [-0.3, -0.25) is 4.79 Å². The number of rotatable bonds is 4. The van der Waals surface area contributed by atoms with Gasteiger partial charge < -0.3 is 14.5 Å². The molecular weight excluding hydrogens is 310 g/mol. The summed E-state index contributed by atoms with van der Waals surface area (Å²) in [5.74, 6) is 0.127. The van der Waals surface area contributed by atoms with Crippen molar-refractivity contribution in [1.29, 1.82) is 0 Å². The van der Waals surface area contributed by atoms with Gasteiger partial charge in [-0.25, -0.2) is 14.8 Å². The second-order valence-corrected chi connectivity index (χ2v) is 5.11. The summed E-state index contributed by atoms with van der Waals surface area (Å²) in [6, 6.07) is 10.1. The first-order valence-electron chi connectivity index (χ1n) is 7.28. The minimum absolute atomic E-state index is 0.274. The average molecular weight is 325 g/mol. The Morgan fingerprint density at radius 2 is 2.00 bits per heavy atom. The molecule has 1 unspecified atom stereocenters. The minimum atomic E-state index is -0.711. The minimum Gasteiger partial charge on any atom is -0.481 e. The topological polar surface area (TPSA) is 94.2 Å². The fourth-order valence-electron chi connectivity index (χ4n) is 2.20. The van der Waals surface area contributed by atoms with Crippen LogP contribution < -0.4 is 10.3 Å². The number of esters is 1. The Hall–Kier alpha value is -3.22. The van der Waals surface area contributed by atoms with E-state index in [2.05, 4.69) is 15.0 Å². The Labute approximate surface area is 137 Å². The predicted molar refractivity (Wildman–Crippen MR) is 87.0 cm³/mol. The van der Waals surface area contributed by atoms with Crippen LogP contribution in [0.1, 0.15) is 29.2 Å². The third kappa shape index (κ3) is 3.10. The molecule has 7 heteroatoms. The highest BCUT2D eigenvalue weighted by Gasteiger charge is 2.17. The van der Waals surface area contributed by atoms with E-state index < -0.39 is 12.1 Å². The molecule has 0 fully saturated rings. The zero-order valence-corrected chi connectivity index (χ0v) is 13.1. The van der Waals surface area contributed by atoms with Gasteiger partial charge in [-0.1, -0.05) is 12.1 Å². The number of ether oxygens (including phenoxy) is 2. The van der Waals surface area contributed by atoms with Gasteiger partial charge in [-0.05, 0) is 25.1 Å². The molecule has 0 radical (unpaired) electrons.